The molecule has 3 aromatic carbocycles. The average Bonchev–Trinajstić information content (AvgIpc) is 3.02. The molecule has 29 heavy (non-hydrogen) atoms. The maximum absolute atomic E-state index is 13.2. The van der Waals surface area contributed by atoms with Gasteiger partial charge in [-0.2, -0.15) is 5.26 Å². The molecule has 144 valence electrons. The molecule has 0 saturated carbocycles. The maximum atomic E-state index is 13.2. The van der Waals surface area contributed by atoms with E-state index in [1.165, 1.54) is 0 Å². The van der Waals surface area contributed by atoms with Crippen LogP contribution in [0, 0.1) is 11.3 Å². The van der Waals surface area contributed by atoms with Crippen molar-refractivity contribution < 1.29 is 9.53 Å². The molecule has 1 aliphatic rings. The number of halogens is 2. The van der Waals surface area contributed by atoms with Gasteiger partial charge < -0.3 is 4.74 Å². The minimum atomic E-state index is -0.678. The van der Waals surface area contributed by atoms with Crippen LogP contribution in [-0.4, -0.2) is 5.78 Å². The fraction of sp³-hybridized carbons (Fsp3) is 0.167. The van der Waals surface area contributed by atoms with Crippen LogP contribution in [0.2, 0.25) is 10.0 Å². The van der Waals surface area contributed by atoms with Crippen molar-refractivity contribution >= 4 is 29.0 Å². The first kappa shape index (κ1) is 19.5. The van der Waals surface area contributed by atoms with Crippen LogP contribution in [0.3, 0.4) is 0 Å². The van der Waals surface area contributed by atoms with E-state index in [4.69, 9.17) is 33.2 Å². The fourth-order valence-corrected chi connectivity index (χ4v) is 4.26. The lowest BCUT2D eigenvalue weighted by Crippen LogP contribution is -2.29. The number of fused-ring (bicyclic) bond motifs is 1. The summed E-state index contributed by atoms with van der Waals surface area (Å²) in [4.78, 5) is 13.2. The molecule has 0 aliphatic heterocycles. The molecular formula is C24H17Cl2NO2. The van der Waals surface area contributed by atoms with Crippen LogP contribution in [0.1, 0.15) is 39.5 Å². The highest BCUT2D eigenvalue weighted by molar-refractivity contribution is 6.45. The number of ketones is 1. The summed E-state index contributed by atoms with van der Waals surface area (Å²) in [7, 11) is 0. The molecular weight excluding hydrogens is 405 g/mol. The van der Waals surface area contributed by atoms with Gasteiger partial charge in [0, 0.05) is 5.56 Å². The third kappa shape index (κ3) is 3.40. The van der Waals surface area contributed by atoms with Gasteiger partial charge >= 0.3 is 0 Å². The largest absolute Gasteiger partial charge is 0.487 e. The molecule has 0 amide bonds. The van der Waals surface area contributed by atoms with Crippen molar-refractivity contribution in [1.82, 2.24) is 0 Å². The zero-order valence-electron chi connectivity index (χ0n) is 15.7. The van der Waals surface area contributed by atoms with Crippen LogP contribution >= 0.6 is 23.2 Å². The Balaban J connectivity index is 1.64. The van der Waals surface area contributed by atoms with Crippen molar-refractivity contribution in [3.63, 3.8) is 0 Å². The summed E-state index contributed by atoms with van der Waals surface area (Å²) in [6, 6.07) is 20.7. The maximum Gasteiger partial charge on any atom is 0.175 e. The predicted octanol–water partition coefficient (Wildman–Crippen LogP) is 6.14. The summed E-state index contributed by atoms with van der Waals surface area (Å²) in [5.74, 6) is 0.425. The van der Waals surface area contributed by atoms with E-state index in [-0.39, 0.29) is 22.4 Å². The Labute approximate surface area is 179 Å². The van der Waals surface area contributed by atoms with Gasteiger partial charge in [-0.15, -0.1) is 0 Å². The highest BCUT2D eigenvalue weighted by Crippen LogP contribution is 2.47. The zero-order chi connectivity index (χ0) is 20.6. The number of hydrogen-bond acceptors (Lipinski definition) is 3. The van der Waals surface area contributed by atoms with E-state index in [1.807, 2.05) is 55.5 Å². The van der Waals surface area contributed by atoms with Gasteiger partial charge in [0.05, 0.1) is 22.1 Å². The number of rotatable bonds is 4. The lowest BCUT2D eigenvalue weighted by Gasteiger charge is -2.22. The van der Waals surface area contributed by atoms with Gasteiger partial charge in [-0.05, 0) is 48.2 Å². The minimum absolute atomic E-state index is 0.0238. The second-order valence-electron chi connectivity index (χ2n) is 7.34. The quantitative estimate of drug-likeness (QED) is 0.508. The molecule has 0 radical (unpaired) electrons. The lowest BCUT2D eigenvalue weighted by molar-refractivity contribution is 0.0915. The number of nitriles is 1. The standard InChI is InChI=1S/C24H17Cl2NO2/c1-24(18-5-3-2-4-6-18)12-17-11-19(21(25)22(26)20(17)23(24)28)29-14-16-9-7-15(13-27)8-10-16/h2-11H,12,14H2,1H3. The Morgan fingerprint density at radius 1 is 1.07 bits per heavy atom. The number of ether oxygens (including phenoxy) is 1. The molecule has 1 atom stereocenters. The van der Waals surface area contributed by atoms with E-state index in [2.05, 4.69) is 6.07 Å². The highest BCUT2D eigenvalue weighted by Gasteiger charge is 2.45. The molecule has 0 fully saturated rings. The monoisotopic (exact) mass is 421 g/mol. The summed E-state index contributed by atoms with van der Waals surface area (Å²) < 4.78 is 5.90. The second kappa shape index (κ2) is 7.55. The molecule has 1 aliphatic carbocycles. The number of carbonyl (C=O) groups is 1. The van der Waals surface area contributed by atoms with Gasteiger partial charge in [0.1, 0.15) is 17.4 Å². The van der Waals surface area contributed by atoms with Gasteiger partial charge in [0.25, 0.3) is 0 Å². The molecule has 0 saturated heterocycles. The molecule has 0 bridgehead atoms. The highest BCUT2D eigenvalue weighted by atomic mass is 35.5. The van der Waals surface area contributed by atoms with E-state index in [0.29, 0.717) is 23.3 Å². The molecule has 5 heteroatoms. The van der Waals surface area contributed by atoms with Crippen LogP contribution in [0.5, 0.6) is 5.75 Å². The van der Waals surface area contributed by atoms with Crippen molar-refractivity contribution in [3.05, 3.63) is 98.5 Å². The summed E-state index contributed by atoms with van der Waals surface area (Å²) in [5.41, 5.74) is 3.09. The van der Waals surface area contributed by atoms with E-state index < -0.39 is 5.41 Å². The second-order valence-corrected chi connectivity index (χ2v) is 8.09. The van der Waals surface area contributed by atoms with Gasteiger partial charge in [0.15, 0.2) is 5.78 Å². The number of nitrogens with zero attached hydrogens (tertiary/aromatic N) is 1. The SMILES string of the molecule is CC1(c2ccccc2)Cc2cc(OCc3ccc(C#N)cc3)c(Cl)c(Cl)c2C1=O. The summed E-state index contributed by atoms with van der Waals surface area (Å²) >= 11 is 12.9. The van der Waals surface area contributed by atoms with Crippen LogP contribution < -0.4 is 4.74 Å². The molecule has 3 aromatic rings. The molecule has 0 spiro atoms. The summed E-state index contributed by atoms with van der Waals surface area (Å²) in [5, 5.41) is 9.38. The Kier molecular flexibility index (Phi) is 5.08. The van der Waals surface area contributed by atoms with Crippen molar-refractivity contribution in [1.29, 1.82) is 5.26 Å². The van der Waals surface area contributed by atoms with E-state index in [9.17, 15) is 4.79 Å². The smallest absolute Gasteiger partial charge is 0.175 e. The Morgan fingerprint density at radius 3 is 2.41 bits per heavy atom. The van der Waals surface area contributed by atoms with Crippen LogP contribution in [0.4, 0.5) is 0 Å². The molecule has 4 rings (SSSR count). The van der Waals surface area contributed by atoms with Crippen molar-refractivity contribution in [2.75, 3.05) is 0 Å². The first-order valence-electron chi connectivity index (χ1n) is 9.17. The Morgan fingerprint density at radius 2 is 1.76 bits per heavy atom. The third-order valence-electron chi connectivity index (χ3n) is 5.42. The Bertz CT molecular complexity index is 1130. The third-order valence-corrected chi connectivity index (χ3v) is 6.27. The first-order valence-corrected chi connectivity index (χ1v) is 9.92. The number of carbonyl (C=O) groups excluding carboxylic acids is 1. The summed E-state index contributed by atoms with van der Waals surface area (Å²) in [6.07, 6.45) is 0.537. The molecule has 3 nitrogen and oxygen atoms in total. The van der Waals surface area contributed by atoms with E-state index >= 15 is 0 Å². The van der Waals surface area contributed by atoms with Gasteiger partial charge in [0.2, 0.25) is 0 Å². The predicted molar refractivity (Wildman–Crippen MR) is 114 cm³/mol. The van der Waals surface area contributed by atoms with Crippen molar-refractivity contribution in [3.8, 4) is 11.8 Å². The fourth-order valence-electron chi connectivity index (χ4n) is 3.76. The molecule has 0 N–H and O–H groups in total. The van der Waals surface area contributed by atoms with E-state index in [0.717, 1.165) is 16.7 Å². The van der Waals surface area contributed by atoms with Gasteiger partial charge in [-0.25, -0.2) is 0 Å². The number of benzene rings is 3. The molecule has 1 unspecified atom stereocenters. The normalized spacial score (nSPS) is 17.7. The molecule has 0 aromatic heterocycles. The number of hydrogen-bond donors (Lipinski definition) is 0. The van der Waals surface area contributed by atoms with Crippen LogP contribution in [0.15, 0.2) is 60.7 Å². The minimum Gasteiger partial charge on any atom is -0.487 e. The summed E-state index contributed by atoms with van der Waals surface area (Å²) in [6.45, 7) is 2.22. The van der Waals surface area contributed by atoms with E-state index in [1.54, 1.807) is 12.1 Å². The van der Waals surface area contributed by atoms with Gasteiger partial charge in [-0.3, -0.25) is 4.79 Å². The van der Waals surface area contributed by atoms with Crippen molar-refractivity contribution in [2.45, 2.75) is 25.4 Å². The molecule has 0 heterocycles. The Hall–Kier alpha value is -2.80. The number of Topliss-reactive ketones (excluding diaryl/α,β-unsaturated/α-hetero) is 1. The van der Waals surface area contributed by atoms with Crippen LogP contribution in [-0.2, 0) is 18.4 Å². The average molecular weight is 422 g/mol. The van der Waals surface area contributed by atoms with Gasteiger partial charge in [-0.1, -0.05) is 65.7 Å². The topological polar surface area (TPSA) is 50.1 Å². The van der Waals surface area contributed by atoms with Crippen LogP contribution in [0.25, 0.3) is 0 Å². The zero-order valence-corrected chi connectivity index (χ0v) is 17.2. The lowest BCUT2D eigenvalue weighted by atomic mass is 9.79. The first-order chi connectivity index (χ1) is 13.9. The van der Waals surface area contributed by atoms with Crippen molar-refractivity contribution in [2.24, 2.45) is 0 Å².